The average molecular weight is 279 g/mol. The van der Waals surface area contributed by atoms with Crippen molar-refractivity contribution in [3.63, 3.8) is 0 Å². The third-order valence-electron chi connectivity index (χ3n) is 3.54. The Bertz CT molecular complexity index is 400. The summed E-state index contributed by atoms with van der Waals surface area (Å²) < 4.78 is 0. The van der Waals surface area contributed by atoms with Gasteiger partial charge < -0.3 is 5.32 Å². The highest BCUT2D eigenvalue weighted by Crippen LogP contribution is 2.31. The van der Waals surface area contributed by atoms with Crippen molar-refractivity contribution >= 4 is 17.6 Å². The first-order valence-corrected chi connectivity index (χ1v) is 8.43. The van der Waals surface area contributed by atoms with Gasteiger partial charge in [0.1, 0.15) is 16.7 Å². The Morgan fingerprint density at radius 3 is 2.68 bits per heavy atom. The van der Waals surface area contributed by atoms with Gasteiger partial charge in [-0.3, -0.25) is 0 Å². The fourth-order valence-corrected chi connectivity index (χ4v) is 3.52. The van der Waals surface area contributed by atoms with E-state index in [9.17, 15) is 0 Å². The maximum Gasteiger partial charge on any atom is 0.134 e. The fraction of sp³-hybridized carbons (Fsp3) is 0.733. The van der Waals surface area contributed by atoms with Crippen LogP contribution in [-0.2, 0) is 0 Å². The zero-order valence-electron chi connectivity index (χ0n) is 12.3. The van der Waals surface area contributed by atoms with Crippen LogP contribution in [0.25, 0.3) is 0 Å². The monoisotopic (exact) mass is 279 g/mol. The molecule has 1 aromatic heterocycles. The lowest BCUT2D eigenvalue weighted by Crippen LogP contribution is -2.06. The summed E-state index contributed by atoms with van der Waals surface area (Å²) >= 11 is 1.90. The molecule has 1 aromatic rings. The number of hydrogen-bond donors (Lipinski definition) is 1. The van der Waals surface area contributed by atoms with Gasteiger partial charge in [0.25, 0.3) is 0 Å². The summed E-state index contributed by atoms with van der Waals surface area (Å²) in [6.45, 7) is 7.30. The summed E-state index contributed by atoms with van der Waals surface area (Å²) in [7, 11) is 0. The Morgan fingerprint density at radius 2 is 2.05 bits per heavy atom. The van der Waals surface area contributed by atoms with Crippen molar-refractivity contribution in [2.45, 2.75) is 57.4 Å². The molecule has 2 rings (SSSR count). The number of thioether (sulfide) groups is 1. The predicted octanol–water partition coefficient (Wildman–Crippen LogP) is 4.31. The van der Waals surface area contributed by atoms with Gasteiger partial charge in [0.15, 0.2) is 0 Å². The molecule has 4 heteroatoms. The molecular weight excluding hydrogens is 254 g/mol. The Labute approximate surface area is 121 Å². The molecule has 1 fully saturated rings. The van der Waals surface area contributed by atoms with E-state index in [1.54, 1.807) is 0 Å². The van der Waals surface area contributed by atoms with Crippen molar-refractivity contribution in [2.75, 3.05) is 17.6 Å². The number of hydrogen-bond acceptors (Lipinski definition) is 4. The molecule has 106 valence electrons. The van der Waals surface area contributed by atoms with Gasteiger partial charge in [-0.2, -0.15) is 0 Å². The first kappa shape index (κ1) is 14.6. The molecule has 0 radical (unpaired) electrons. The zero-order chi connectivity index (χ0) is 13.7. The van der Waals surface area contributed by atoms with Crippen LogP contribution < -0.4 is 5.32 Å². The van der Waals surface area contributed by atoms with Crippen LogP contribution in [0.3, 0.4) is 0 Å². The minimum atomic E-state index is 0.379. The topological polar surface area (TPSA) is 37.8 Å². The van der Waals surface area contributed by atoms with Crippen LogP contribution in [0.2, 0.25) is 0 Å². The lowest BCUT2D eigenvalue weighted by Gasteiger charge is -2.12. The SMILES string of the molecule is CCNc1cc(SCC2CCCC2)nc(C(C)C)n1. The van der Waals surface area contributed by atoms with Crippen molar-refractivity contribution in [3.8, 4) is 0 Å². The number of anilines is 1. The second-order valence-corrected chi connectivity index (χ2v) is 6.64. The minimum absolute atomic E-state index is 0.379. The Morgan fingerprint density at radius 1 is 1.32 bits per heavy atom. The quantitative estimate of drug-likeness (QED) is 0.622. The Balaban J connectivity index is 2.04. The van der Waals surface area contributed by atoms with Gasteiger partial charge in [0.2, 0.25) is 0 Å². The van der Waals surface area contributed by atoms with Crippen LogP contribution in [0.1, 0.15) is 58.2 Å². The third kappa shape index (κ3) is 4.37. The zero-order valence-corrected chi connectivity index (χ0v) is 13.1. The molecule has 1 saturated carbocycles. The van der Waals surface area contributed by atoms with E-state index in [1.165, 1.54) is 31.4 Å². The first-order valence-electron chi connectivity index (χ1n) is 7.44. The van der Waals surface area contributed by atoms with Crippen LogP contribution in [0.4, 0.5) is 5.82 Å². The number of aromatic nitrogens is 2. The van der Waals surface area contributed by atoms with Crippen molar-refractivity contribution in [1.29, 1.82) is 0 Å². The second-order valence-electron chi connectivity index (χ2n) is 5.60. The average Bonchev–Trinajstić information content (AvgIpc) is 2.89. The highest BCUT2D eigenvalue weighted by Gasteiger charge is 2.16. The fourth-order valence-electron chi connectivity index (χ4n) is 2.43. The van der Waals surface area contributed by atoms with Crippen molar-refractivity contribution in [2.24, 2.45) is 5.92 Å². The molecule has 0 saturated heterocycles. The molecule has 19 heavy (non-hydrogen) atoms. The maximum atomic E-state index is 4.69. The van der Waals surface area contributed by atoms with Crippen molar-refractivity contribution < 1.29 is 0 Å². The summed E-state index contributed by atoms with van der Waals surface area (Å²) in [4.78, 5) is 9.25. The van der Waals surface area contributed by atoms with Gasteiger partial charge in [-0.05, 0) is 25.7 Å². The van der Waals surface area contributed by atoms with E-state index in [0.717, 1.165) is 29.1 Å². The standard InChI is InChI=1S/C15H25N3S/c1-4-16-13-9-14(18-15(17-13)11(2)3)19-10-12-7-5-6-8-12/h9,11-12H,4-8,10H2,1-3H3,(H,16,17,18). The van der Waals surface area contributed by atoms with Crippen molar-refractivity contribution in [3.05, 3.63) is 11.9 Å². The molecular formula is C15H25N3S. The van der Waals surface area contributed by atoms with Gasteiger partial charge in [0.05, 0.1) is 0 Å². The van der Waals surface area contributed by atoms with Gasteiger partial charge in [-0.15, -0.1) is 11.8 Å². The molecule has 3 nitrogen and oxygen atoms in total. The number of rotatable bonds is 6. The number of nitrogens with one attached hydrogen (secondary N) is 1. The molecule has 1 aliphatic rings. The van der Waals surface area contributed by atoms with Crippen LogP contribution in [0, 0.1) is 5.92 Å². The maximum absolute atomic E-state index is 4.69. The predicted molar refractivity (Wildman–Crippen MR) is 83.0 cm³/mol. The Hall–Kier alpha value is -0.770. The third-order valence-corrected chi connectivity index (χ3v) is 4.68. The minimum Gasteiger partial charge on any atom is -0.370 e. The van der Waals surface area contributed by atoms with Gasteiger partial charge in [-0.1, -0.05) is 26.7 Å². The second kappa shape index (κ2) is 7.13. The van der Waals surface area contributed by atoms with E-state index in [-0.39, 0.29) is 0 Å². The lowest BCUT2D eigenvalue weighted by atomic mass is 10.1. The van der Waals surface area contributed by atoms with Crippen molar-refractivity contribution in [1.82, 2.24) is 9.97 Å². The van der Waals surface area contributed by atoms with E-state index in [0.29, 0.717) is 5.92 Å². The van der Waals surface area contributed by atoms with Crippen LogP contribution in [0.5, 0.6) is 0 Å². The van der Waals surface area contributed by atoms with E-state index in [4.69, 9.17) is 0 Å². The van der Waals surface area contributed by atoms with E-state index in [2.05, 4.69) is 42.1 Å². The van der Waals surface area contributed by atoms with Gasteiger partial charge in [-0.25, -0.2) is 9.97 Å². The normalized spacial score (nSPS) is 16.2. The molecule has 0 aromatic carbocycles. The van der Waals surface area contributed by atoms with Gasteiger partial charge >= 0.3 is 0 Å². The molecule has 0 spiro atoms. The van der Waals surface area contributed by atoms with Crippen LogP contribution in [-0.4, -0.2) is 22.3 Å². The smallest absolute Gasteiger partial charge is 0.134 e. The first-order chi connectivity index (χ1) is 9.19. The Kier molecular flexibility index (Phi) is 5.49. The largest absolute Gasteiger partial charge is 0.370 e. The summed E-state index contributed by atoms with van der Waals surface area (Å²) in [5.74, 6) is 4.40. The molecule has 1 aliphatic carbocycles. The molecule has 1 heterocycles. The highest BCUT2D eigenvalue weighted by atomic mass is 32.2. The van der Waals surface area contributed by atoms with Crippen LogP contribution in [0.15, 0.2) is 11.1 Å². The molecule has 0 unspecified atom stereocenters. The highest BCUT2D eigenvalue weighted by molar-refractivity contribution is 7.99. The molecule has 0 bridgehead atoms. The lowest BCUT2D eigenvalue weighted by molar-refractivity contribution is 0.622. The summed E-state index contributed by atoms with van der Waals surface area (Å²) in [5, 5.41) is 4.43. The molecule has 0 aliphatic heterocycles. The molecule has 1 N–H and O–H groups in total. The summed E-state index contributed by atoms with van der Waals surface area (Å²) in [6.07, 6.45) is 5.62. The molecule has 0 atom stereocenters. The van der Waals surface area contributed by atoms with E-state index in [1.807, 2.05) is 11.8 Å². The van der Waals surface area contributed by atoms with E-state index >= 15 is 0 Å². The van der Waals surface area contributed by atoms with Crippen LogP contribution >= 0.6 is 11.8 Å². The van der Waals surface area contributed by atoms with E-state index < -0.39 is 0 Å². The molecule has 0 amide bonds. The summed E-state index contributed by atoms with van der Waals surface area (Å²) in [6, 6.07) is 2.09. The number of nitrogens with zero attached hydrogens (tertiary/aromatic N) is 2. The van der Waals surface area contributed by atoms with Gasteiger partial charge in [0, 0.05) is 24.3 Å². The summed E-state index contributed by atoms with van der Waals surface area (Å²) in [5.41, 5.74) is 0.